The van der Waals surface area contributed by atoms with E-state index in [1.54, 1.807) is 4.90 Å². The van der Waals surface area contributed by atoms with Crippen molar-refractivity contribution in [3.8, 4) is 0 Å². The normalized spacial score (nSPS) is 20.1. The Morgan fingerprint density at radius 2 is 2.04 bits per heavy atom. The minimum absolute atomic E-state index is 0.0923. The highest BCUT2D eigenvalue weighted by molar-refractivity contribution is 5.84. The molecule has 23 heavy (non-hydrogen) atoms. The molecule has 0 bridgehead atoms. The van der Waals surface area contributed by atoms with Gasteiger partial charge in [0.2, 0.25) is 0 Å². The van der Waals surface area contributed by atoms with Gasteiger partial charge in [-0.2, -0.15) is 0 Å². The Hall–Kier alpha value is -1.32. The molecule has 0 radical (unpaired) electrons. The van der Waals surface area contributed by atoms with E-state index in [4.69, 9.17) is 4.74 Å². The van der Waals surface area contributed by atoms with Crippen molar-refractivity contribution >= 4 is 11.9 Å². The molecular weight excluding hydrogens is 290 g/mol. The van der Waals surface area contributed by atoms with Gasteiger partial charge in [-0.3, -0.25) is 4.79 Å². The lowest BCUT2D eigenvalue weighted by molar-refractivity contribution is -0.125. The summed E-state index contributed by atoms with van der Waals surface area (Å²) in [5, 5.41) is 0. The van der Waals surface area contributed by atoms with Gasteiger partial charge in [-0.25, -0.2) is 4.79 Å². The predicted molar refractivity (Wildman–Crippen MR) is 93.4 cm³/mol. The number of likely N-dealkylation sites (tertiary alicyclic amines) is 1. The lowest BCUT2D eigenvalue weighted by atomic mass is 9.92. The smallest absolute Gasteiger partial charge is 0.410 e. The third-order valence-corrected chi connectivity index (χ3v) is 4.04. The number of nitrogens with zero attached hydrogens (tertiary/aromatic N) is 1. The third kappa shape index (κ3) is 7.67. The first-order chi connectivity index (χ1) is 10.6. The summed E-state index contributed by atoms with van der Waals surface area (Å²) in [5.74, 6) is 0.861. The first kappa shape index (κ1) is 19.7. The van der Waals surface area contributed by atoms with E-state index in [9.17, 15) is 9.59 Å². The molecule has 1 heterocycles. The first-order valence-corrected chi connectivity index (χ1v) is 8.74. The SMILES string of the molecule is C/C(=C\CC1CN(C(=O)OC(C)(C)C)CCC1=O)CCC(C)C. The van der Waals surface area contributed by atoms with Gasteiger partial charge in [0.1, 0.15) is 11.4 Å². The molecule has 1 amide bonds. The molecule has 1 aliphatic heterocycles. The summed E-state index contributed by atoms with van der Waals surface area (Å²) < 4.78 is 5.41. The number of ether oxygens (including phenoxy) is 1. The zero-order chi connectivity index (χ0) is 17.6. The standard InChI is InChI=1S/C19H33NO3/c1-14(2)7-8-15(3)9-10-16-13-20(12-11-17(16)21)18(22)23-19(4,5)6/h9,14,16H,7-8,10-13H2,1-6H3/b15-9+. The molecule has 1 aliphatic rings. The fraction of sp³-hybridized carbons (Fsp3) is 0.789. The molecule has 1 saturated heterocycles. The van der Waals surface area contributed by atoms with E-state index < -0.39 is 5.60 Å². The maximum absolute atomic E-state index is 12.2. The minimum Gasteiger partial charge on any atom is -0.444 e. The summed E-state index contributed by atoms with van der Waals surface area (Å²) >= 11 is 0. The number of allylic oxidation sites excluding steroid dienone is 2. The highest BCUT2D eigenvalue weighted by atomic mass is 16.6. The Labute approximate surface area is 141 Å². The van der Waals surface area contributed by atoms with Gasteiger partial charge >= 0.3 is 6.09 Å². The molecule has 4 nitrogen and oxygen atoms in total. The van der Waals surface area contributed by atoms with Crippen LogP contribution in [0.3, 0.4) is 0 Å². The van der Waals surface area contributed by atoms with E-state index in [2.05, 4.69) is 26.8 Å². The van der Waals surface area contributed by atoms with Crippen LogP contribution >= 0.6 is 0 Å². The van der Waals surface area contributed by atoms with Crippen LogP contribution in [0.4, 0.5) is 4.79 Å². The summed E-state index contributed by atoms with van der Waals surface area (Å²) in [7, 11) is 0. The fourth-order valence-corrected chi connectivity index (χ4v) is 2.57. The van der Waals surface area contributed by atoms with E-state index in [0.717, 1.165) is 12.8 Å². The maximum atomic E-state index is 12.2. The van der Waals surface area contributed by atoms with Crippen LogP contribution in [0.15, 0.2) is 11.6 Å². The number of Topliss-reactive ketones (excluding diaryl/α,β-unsaturated/α-hetero) is 1. The molecule has 0 saturated carbocycles. The van der Waals surface area contributed by atoms with Crippen LogP contribution in [0.2, 0.25) is 0 Å². The van der Waals surface area contributed by atoms with Gasteiger partial charge in [0.05, 0.1) is 0 Å². The third-order valence-electron chi connectivity index (χ3n) is 4.04. The number of hydrogen-bond acceptors (Lipinski definition) is 3. The van der Waals surface area contributed by atoms with Gasteiger partial charge in [0, 0.05) is 25.4 Å². The minimum atomic E-state index is -0.499. The molecule has 0 aliphatic carbocycles. The van der Waals surface area contributed by atoms with Gasteiger partial charge < -0.3 is 9.64 Å². The van der Waals surface area contributed by atoms with E-state index in [-0.39, 0.29) is 17.8 Å². The number of piperidine rings is 1. The molecule has 1 unspecified atom stereocenters. The largest absolute Gasteiger partial charge is 0.444 e. The van der Waals surface area contributed by atoms with Crippen LogP contribution in [0, 0.1) is 11.8 Å². The Balaban J connectivity index is 2.56. The van der Waals surface area contributed by atoms with Crippen molar-refractivity contribution in [2.24, 2.45) is 11.8 Å². The van der Waals surface area contributed by atoms with Gasteiger partial charge in [-0.1, -0.05) is 25.5 Å². The van der Waals surface area contributed by atoms with Gasteiger partial charge in [0.15, 0.2) is 0 Å². The molecule has 4 heteroatoms. The van der Waals surface area contributed by atoms with Crippen LogP contribution in [0.1, 0.15) is 67.2 Å². The van der Waals surface area contributed by atoms with Crippen molar-refractivity contribution in [1.29, 1.82) is 0 Å². The summed E-state index contributed by atoms with van der Waals surface area (Å²) in [4.78, 5) is 26.0. The second kappa shape index (κ2) is 8.51. The van der Waals surface area contributed by atoms with Crippen LogP contribution in [0.25, 0.3) is 0 Å². The summed E-state index contributed by atoms with van der Waals surface area (Å²) in [6.07, 6.45) is 5.27. The van der Waals surface area contributed by atoms with Crippen LogP contribution < -0.4 is 0 Å². The maximum Gasteiger partial charge on any atom is 0.410 e. The molecule has 0 aromatic heterocycles. The second-order valence-electron chi connectivity index (χ2n) is 8.06. The Bertz CT molecular complexity index is 446. The van der Waals surface area contributed by atoms with E-state index in [1.165, 1.54) is 12.0 Å². The quantitative estimate of drug-likeness (QED) is 0.695. The fourth-order valence-electron chi connectivity index (χ4n) is 2.57. The molecular formula is C19H33NO3. The van der Waals surface area contributed by atoms with Gasteiger partial charge in [0.25, 0.3) is 0 Å². The summed E-state index contributed by atoms with van der Waals surface area (Å²) in [6, 6.07) is 0. The number of amides is 1. The monoisotopic (exact) mass is 323 g/mol. The number of carbonyl (C=O) groups is 2. The van der Waals surface area contributed by atoms with Crippen LogP contribution in [-0.4, -0.2) is 35.5 Å². The lowest BCUT2D eigenvalue weighted by Crippen LogP contribution is -2.46. The van der Waals surface area contributed by atoms with Crippen molar-refractivity contribution < 1.29 is 14.3 Å². The molecule has 0 aromatic rings. The first-order valence-electron chi connectivity index (χ1n) is 8.74. The molecule has 0 spiro atoms. The highest BCUT2D eigenvalue weighted by Gasteiger charge is 2.31. The van der Waals surface area contributed by atoms with Gasteiger partial charge in [-0.05, 0) is 52.9 Å². The van der Waals surface area contributed by atoms with Crippen molar-refractivity contribution in [3.63, 3.8) is 0 Å². The zero-order valence-corrected chi connectivity index (χ0v) is 15.6. The van der Waals surface area contributed by atoms with E-state index in [1.807, 2.05) is 20.8 Å². The average Bonchev–Trinajstić information content (AvgIpc) is 2.42. The number of rotatable bonds is 5. The Kier molecular flexibility index (Phi) is 7.30. The number of hydrogen-bond donors (Lipinski definition) is 0. The molecule has 1 atom stereocenters. The van der Waals surface area contributed by atoms with Crippen molar-refractivity contribution in [2.75, 3.05) is 13.1 Å². The average molecular weight is 323 g/mol. The number of ketones is 1. The molecule has 1 rings (SSSR count). The Morgan fingerprint density at radius 1 is 1.39 bits per heavy atom. The second-order valence-corrected chi connectivity index (χ2v) is 8.06. The molecule has 0 aromatic carbocycles. The predicted octanol–water partition coefficient (Wildman–Crippen LogP) is 4.59. The van der Waals surface area contributed by atoms with Crippen molar-refractivity contribution in [1.82, 2.24) is 4.90 Å². The van der Waals surface area contributed by atoms with Crippen molar-refractivity contribution in [3.05, 3.63) is 11.6 Å². The van der Waals surface area contributed by atoms with E-state index in [0.29, 0.717) is 25.4 Å². The highest BCUT2D eigenvalue weighted by Crippen LogP contribution is 2.21. The molecule has 0 N–H and O–H groups in total. The molecule has 132 valence electrons. The van der Waals surface area contributed by atoms with E-state index >= 15 is 0 Å². The number of carbonyl (C=O) groups excluding carboxylic acids is 2. The summed E-state index contributed by atoms with van der Waals surface area (Å²) in [5.41, 5.74) is 0.836. The van der Waals surface area contributed by atoms with Crippen LogP contribution in [-0.2, 0) is 9.53 Å². The van der Waals surface area contributed by atoms with Crippen LogP contribution in [0.5, 0.6) is 0 Å². The molecule has 1 fully saturated rings. The summed E-state index contributed by atoms with van der Waals surface area (Å²) in [6.45, 7) is 13.1. The van der Waals surface area contributed by atoms with Gasteiger partial charge in [-0.15, -0.1) is 0 Å². The topological polar surface area (TPSA) is 46.6 Å². The van der Waals surface area contributed by atoms with Crippen molar-refractivity contribution in [2.45, 2.75) is 72.8 Å². The zero-order valence-electron chi connectivity index (χ0n) is 15.6. The Morgan fingerprint density at radius 3 is 2.61 bits per heavy atom. The lowest BCUT2D eigenvalue weighted by Gasteiger charge is -2.33.